The molecule has 0 saturated carbocycles. The quantitative estimate of drug-likeness (QED) is 0.761. The summed E-state index contributed by atoms with van der Waals surface area (Å²) in [6, 6.07) is 9.97. The van der Waals surface area contributed by atoms with Gasteiger partial charge in [0.25, 0.3) is 0 Å². The smallest absolute Gasteiger partial charge is 0.249 e. The number of nitrogens with one attached hydrogen (secondary N) is 1. The number of hydrogen-bond donors (Lipinski definition) is 1. The predicted molar refractivity (Wildman–Crippen MR) is 97.5 cm³/mol. The summed E-state index contributed by atoms with van der Waals surface area (Å²) in [4.78, 5) is 13.4. The van der Waals surface area contributed by atoms with E-state index in [1.54, 1.807) is 17.4 Å². The van der Waals surface area contributed by atoms with E-state index >= 15 is 0 Å². The van der Waals surface area contributed by atoms with Crippen molar-refractivity contribution in [1.82, 2.24) is 0 Å². The number of benzene rings is 1. The lowest BCUT2D eigenvalue weighted by Crippen LogP contribution is -2.07. The first kappa shape index (κ1) is 16.0. The minimum atomic E-state index is -0.206. The van der Waals surface area contributed by atoms with Gasteiger partial charge in [-0.2, -0.15) is 5.26 Å². The van der Waals surface area contributed by atoms with Gasteiger partial charge in [-0.05, 0) is 55.0 Å². The number of thiophene rings is 1. The molecule has 0 aliphatic heterocycles. The molecule has 1 heterocycles. The zero-order chi connectivity index (χ0) is 16.2. The van der Waals surface area contributed by atoms with Gasteiger partial charge in [0.15, 0.2) is 0 Å². The van der Waals surface area contributed by atoms with Crippen LogP contribution in [0.3, 0.4) is 0 Å². The fourth-order valence-corrected chi connectivity index (χ4v) is 4.18. The Bertz CT molecular complexity index is 800. The van der Waals surface area contributed by atoms with Gasteiger partial charge < -0.3 is 5.32 Å². The molecule has 3 nitrogen and oxygen atoms in total. The molecule has 1 aliphatic rings. The van der Waals surface area contributed by atoms with Gasteiger partial charge in [-0.1, -0.05) is 28.1 Å². The molecule has 0 unspecified atom stereocenters. The summed E-state index contributed by atoms with van der Waals surface area (Å²) in [5.41, 5.74) is 2.74. The molecule has 2 aromatic rings. The van der Waals surface area contributed by atoms with Gasteiger partial charge in [0.2, 0.25) is 5.91 Å². The third kappa shape index (κ3) is 3.72. The normalized spacial score (nSPS) is 13.6. The average molecular weight is 387 g/mol. The zero-order valence-corrected chi connectivity index (χ0v) is 14.8. The summed E-state index contributed by atoms with van der Waals surface area (Å²) in [6.45, 7) is 0. The van der Waals surface area contributed by atoms with Crippen LogP contribution in [0.15, 0.2) is 34.8 Å². The lowest BCUT2D eigenvalue weighted by atomic mass is 9.96. The molecular formula is C18H15BrN2OS. The third-order valence-electron chi connectivity index (χ3n) is 3.82. The van der Waals surface area contributed by atoms with E-state index in [1.807, 2.05) is 24.3 Å². The molecule has 5 heteroatoms. The molecule has 1 amide bonds. The van der Waals surface area contributed by atoms with Crippen molar-refractivity contribution in [2.45, 2.75) is 25.7 Å². The van der Waals surface area contributed by atoms with E-state index in [0.717, 1.165) is 41.3 Å². The first-order valence-corrected chi connectivity index (χ1v) is 9.07. The number of amides is 1. The number of carbonyl (C=O) groups is 1. The first-order valence-electron chi connectivity index (χ1n) is 7.46. The molecule has 23 heavy (non-hydrogen) atoms. The van der Waals surface area contributed by atoms with Crippen LogP contribution in [-0.4, -0.2) is 5.91 Å². The minimum Gasteiger partial charge on any atom is -0.313 e. The largest absolute Gasteiger partial charge is 0.313 e. The number of carbonyl (C=O) groups excluding carboxylic acids is 1. The van der Waals surface area contributed by atoms with Crippen LogP contribution >= 0.6 is 27.3 Å². The summed E-state index contributed by atoms with van der Waals surface area (Å²) < 4.78 is 1.00. The monoisotopic (exact) mass is 386 g/mol. The lowest BCUT2D eigenvalue weighted by Gasteiger charge is -2.09. The maximum atomic E-state index is 12.1. The highest BCUT2D eigenvalue weighted by Gasteiger charge is 2.21. The van der Waals surface area contributed by atoms with Crippen molar-refractivity contribution in [3.8, 4) is 6.07 Å². The maximum absolute atomic E-state index is 12.1. The summed E-state index contributed by atoms with van der Waals surface area (Å²) in [5, 5.41) is 12.9. The number of aryl methyl sites for hydroxylation is 1. The van der Waals surface area contributed by atoms with Gasteiger partial charge in [0.1, 0.15) is 11.1 Å². The van der Waals surface area contributed by atoms with Crippen LogP contribution in [0.2, 0.25) is 0 Å². The summed E-state index contributed by atoms with van der Waals surface area (Å²) in [7, 11) is 0. The highest BCUT2D eigenvalue weighted by Crippen LogP contribution is 2.37. The topological polar surface area (TPSA) is 52.9 Å². The van der Waals surface area contributed by atoms with Crippen LogP contribution in [0.1, 0.15) is 34.4 Å². The molecule has 0 fully saturated rings. The Hall–Kier alpha value is -1.90. The highest BCUT2D eigenvalue weighted by atomic mass is 79.9. The second-order valence-corrected chi connectivity index (χ2v) is 7.42. The van der Waals surface area contributed by atoms with Crippen molar-refractivity contribution < 1.29 is 4.79 Å². The number of nitrogens with zero attached hydrogens (tertiary/aromatic N) is 1. The Morgan fingerprint density at radius 1 is 1.26 bits per heavy atom. The molecule has 1 aromatic heterocycles. The molecule has 0 spiro atoms. The fourth-order valence-electron chi connectivity index (χ4n) is 2.67. The van der Waals surface area contributed by atoms with Crippen LogP contribution in [0.4, 0.5) is 5.00 Å². The third-order valence-corrected chi connectivity index (χ3v) is 5.55. The summed E-state index contributed by atoms with van der Waals surface area (Å²) in [5.74, 6) is -0.206. The summed E-state index contributed by atoms with van der Waals surface area (Å²) in [6.07, 6.45) is 7.51. The fraction of sp³-hybridized carbons (Fsp3) is 0.222. The molecule has 0 bridgehead atoms. The van der Waals surface area contributed by atoms with Gasteiger partial charge >= 0.3 is 0 Å². The zero-order valence-electron chi connectivity index (χ0n) is 12.4. The molecule has 1 aliphatic carbocycles. The Kier molecular flexibility index (Phi) is 4.94. The number of anilines is 1. The van der Waals surface area contributed by atoms with Crippen LogP contribution < -0.4 is 5.32 Å². The van der Waals surface area contributed by atoms with Gasteiger partial charge in [-0.15, -0.1) is 11.3 Å². The number of nitriles is 1. The maximum Gasteiger partial charge on any atom is 0.249 e. The van der Waals surface area contributed by atoms with E-state index in [-0.39, 0.29) is 5.91 Å². The van der Waals surface area contributed by atoms with Crippen LogP contribution in [-0.2, 0) is 17.6 Å². The Morgan fingerprint density at radius 2 is 2.00 bits per heavy atom. The summed E-state index contributed by atoms with van der Waals surface area (Å²) >= 11 is 4.92. The first-order chi connectivity index (χ1) is 11.2. The van der Waals surface area contributed by atoms with Gasteiger partial charge in [0.05, 0.1) is 5.56 Å². The van der Waals surface area contributed by atoms with Crippen molar-refractivity contribution >= 4 is 44.3 Å². The second-order valence-electron chi connectivity index (χ2n) is 5.40. The van der Waals surface area contributed by atoms with Crippen molar-refractivity contribution in [2.24, 2.45) is 0 Å². The van der Waals surface area contributed by atoms with Crippen molar-refractivity contribution in [2.75, 3.05) is 5.32 Å². The lowest BCUT2D eigenvalue weighted by molar-refractivity contribution is -0.111. The molecule has 1 aromatic carbocycles. The van der Waals surface area contributed by atoms with Gasteiger partial charge in [-0.25, -0.2) is 0 Å². The van der Waals surface area contributed by atoms with E-state index in [9.17, 15) is 10.1 Å². The molecule has 0 atom stereocenters. The average Bonchev–Trinajstić information content (AvgIpc) is 2.91. The van der Waals surface area contributed by atoms with E-state index in [1.165, 1.54) is 11.0 Å². The van der Waals surface area contributed by atoms with Gasteiger partial charge in [0, 0.05) is 15.4 Å². The Morgan fingerprint density at radius 3 is 2.74 bits per heavy atom. The highest BCUT2D eigenvalue weighted by molar-refractivity contribution is 9.10. The molecular weight excluding hydrogens is 372 g/mol. The van der Waals surface area contributed by atoms with E-state index in [2.05, 4.69) is 27.3 Å². The van der Waals surface area contributed by atoms with Crippen molar-refractivity contribution in [1.29, 1.82) is 5.26 Å². The second kappa shape index (κ2) is 7.12. The predicted octanol–water partition coefficient (Wildman–Crippen LogP) is 4.91. The standard InChI is InChI=1S/C18H15BrN2OS/c19-13-8-5-12(6-9-13)7-10-17(22)21-18-15(11-20)14-3-1-2-4-16(14)23-18/h5-10H,1-4H2,(H,21,22). The van der Waals surface area contributed by atoms with E-state index in [0.29, 0.717) is 10.6 Å². The molecule has 3 rings (SSSR count). The SMILES string of the molecule is N#Cc1c(NC(=O)C=Cc2ccc(Br)cc2)sc2c1CCCC2. The van der Waals surface area contributed by atoms with Crippen LogP contribution in [0.5, 0.6) is 0 Å². The number of hydrogen-bond acceptors (Lipinski definition) is 3. The minimum absolute atomic E-state index is 0.206. The Labute approximate surface area is 147 Å². The van der Waals surface area contributed by atoms with Crippen molar-refractivity contribution in [3.05, 3.63) is 56.4 Å². The van der Waals surface area contributed by atoms with Gasteiger partial charge in [-0.3, -0.25) is 4.79 Å². The molecule has 1 N–H and O–H groups in total. The van der Waals surface area contributed by atoms with Crippen LogP contribution in [0, 0.1) is 11.3 Å². The van der Waals surface area contributed by atoms with E-state index < -0.39 is 0 Å². The number of fused-ring (bicyclic) bond motifs is 1. The van der Waals surface area contributed by atoms with Crippen molar-refractivity contribution in [3.63, 3.8) is 0 Å². The molecule has 0 saturated heterocycles. The number of halogens is 1. The molecule has 0 radical (unpaired) electrons. The Balaban J connectivity index is 1.74. The molecule has 116 valence electrons. The number of rotatable bonds is 3. The van der Waals surface area contributed by atoms with Crippen LogP contribution in [0.25, 0.3) is 6.08 Å². The van der Waals surface area contributed by atoms with E-state index in [4.69, 9.17) is 0 Å².